The van der Waals surface area contributed by atoms with E-state index in [0.717, 1.165) is 13.1 Å². The number of aliphatic hydroxyl groups excluding tert-OH is 1. The summed E-state index contributed by atoms with van der Waals surface area (Å²) in [6, 6.07) is 3.10. The second-order valence-corrected chi connectivity index (χ2v) is 4.42. The molecule has 2 N–H and O–H groups in total. The lowest BCUT2D eigenvalue weighted by Gasteiger charge is -2.15. The maximum atomic E-state index is 12.8. The number of rotatable bonds is 8. The van der Waals surface area contributed by atoms with E-state index in [1.807, 2.05) is 19.2 Å². The number of hydrogen-bond acceptors (Lipinski definition) is 4. The SMILES string of the molecule is CCN(CC)Cc1ccc(C(=O)NCC(F)(F)CO)o1. The van der Waals surface area contributed by atoms with Gasteiger partial charge in [0.15, 0.2) is 5.76 Å². The zero-order valence-corrected chi connectivity index (χ0v) is 11.7. The van der Waals surface area contributed by atoms with Crippen LogP contribution >= 0.6 is 0 Å². The van der Waals surface area contributed by atoms with Gasteiger partial charge in [-0.05, 0) is 25.2 Å². The van der Waals surface area contributed by atoms with Crippen LogP contribution in [0.3, 0.4) is 0 Å². The van der Waals surface area contributed by atoms with E-state index < -0.39 is 25.0 Å². The summed E-state index contributed by atoms with van der Waals surface area (Å²) in [7, 11) is 0. The largest absolute Gasteiger partial charge is 0.455 e. The van der Waals surface area contributed by atoms with Gasteiger partial charge in [0.2, 0.25) is 0 Å². The smallest absolute Gasteiger partial charge is 0.287 e. The van der Waals surface area contributed by atoms with Crippen molar-refractivity contribution in [3.05, 3.63) is 23.7 Å². The first-order chi connectivity index (χ1) is 9.41. The van der Waals surface area contributed by atoms with Gasteiger partial charge in [-0.3, -0.25) is 9.69 Å². The van der Waals surface area contributed by atoms with Crippen molar-refractivity contribution >= 4 is 5.91 Å². The molecule has 0 spiro atoms. The highest BCUT2D eigenvalue weighted by Gasteiger charge is 2.28. The molecule has 114 valence electrons. The summed E-state index contributed by atoms with van der Waals surface area (Å²) in [5.41, 5.74) is 0. The molecule has 0 saturated carbocycles. The van der Waals surface area contributed by atoms with Crippen molar-refractivity contribution in [2.24, 2.45) is 0 Å². The molecule has 0 fully saturated rings. The Kier molecular flexibility index (Phi) is 6.09. The van der Waals surface area contributed by atoms with E-state index in [0.29, 0.717) is 12.3 Å². The monoisotopic (exact) mass is 290 g/mol. The van der Waals surface area contributed by atoms with Crippen LogP contribution in [0.5, 0.6) is 0 Å². The number of carbonyl (C=O) groups excluding carboxylic acids is 1. The van der Waals surface area contributed by atoms with Crippen LogP contribution in [0.2, 0.25) is 0 Å². The standard InChI is InChI=1S/C13H20F2N2O3/c1-3-17(4-2)7-10-5-6-11(20-10)12(19)16-8-13(14,15)9-18/h5-6,18H,3-4,7-9H2,1-2H3,(H,16,19). The molecule has 0 unspecified atom stereocenters. The zero-order chi connectivity index (χ0) is 15.2. The molecule has 1 rings (SSSR count). The fraction of sp³-hybridized carbons (Fsp3) is 0.615. The summed E-state index contributed by atoms with van der Waals surface area (Å²) in [4.78, 5) is 13.7. The van der Waals surface area contributed by atoms with Gasteiger partial charge < -0.3 is 14.8 Å². The lowest BCUT2D eigenvalue weighted by atomic mass is 10.3. The van der Waals surface area contributed by atoms with Crippen LogP contribution in [0.15, 0.2) is 16.5 Å². The molecule has 0 bridgehead atoms. The van der Waals surface area contributed by atoms with E-state index in [2.05, 4.69) is 4.90 Å². The van der Waals surface area contributed by atoms with E-state index in [9.17, 15) is 13.6 Å². The highest BCUT2D eigenvalue weighted by atomic mass is 19.3. The van der Waals surface area contributed by atoms with Gasteiger partial charge in [-0.15, -0.1) is 0 Å². The topological polar surface area (TPSA) is 65.7 Å². The van der Waals surface area contributed by atoms with Crippen molar-refractivity contribution < 1.29 is 23.1 Å². The fourth-order valence-corrected chi connectivity index (χ4v) is 1.61. The van der Waals surface area contributed by atoms with E-state index in [4.69, 9.17) is 9.52 Å². The fourth-order valence-electron chi connectivity index (χ4n) is 1.61. The molecule has 0 radical (unpaired) electrons. The molecule has 1 heterocycles. The second kappa shape index (κ2) is 7.35. The Balaban J connectivity index is 2.56. The van der Waals surface area contributed by atoms with E-state index in [-0.39, 0.29) is 5.76 Å². The molecule has 0 aromatic carbocycles. The van der Waals surface area contributed by atoms with Crippen molar-refractivity contribution in [3.8, 4) is 0 Å². The first-order valence-electron chi connectivity index (χ1n) is 6.49. The highest BCUT2D eigenvalue weighted by molar-refractivity contribution is 5.91. The van der Waals surface area contributed by atoms with Crippen LogP contribution in [0.25, 0.3) is 0 Å². The average molecular weight is 290 g/mol. The number of furan rings is 1. The normalized spacial score (nSPS) is 11.9. The van der Waals surface area contributed by atoms with Gasteiger partial charge in [-0.25, -0.2) is 8.78 Å². The van der Waals surface area contributed by atoms with Crippen molar-refractivity contribution in [3.63, 3.8) is 0 Å². The number of aliphatic hydroxyl groups is 1. The van der Waals surface area contributed by atoms with Crippen molar-refractivity contribution in [2.45, 2.75) is 26.3 Å². The third-order valence-corrected chi connectivity index (χ3v) is 2.90. The summed E-state index contributed by atoms with van der Waals surface area (Å²) in [5, 5.41) is 10.4. The van der Waals surface area contributed by atoms with Gasteiger partial charge in [-0.2, -0.15) is 0 Å². The van der Waals surface area contributed by atoms with Gasteiger partial charge in [0.05, 0.1) is 13.1 Å². The number of nitrogens with one attached hydrogen (secondary N) is 1. The third-order valence-electron chi connectivity index (χ3n) is 2.90. The quantitative estimate of drug-likeness (QED) is 0.761. The van der Waals surface area contributed by atoms with Gasteiger partial charge in [-0.1, -0.05) is 13.8 Å². The van der Waals surface area contributed by atoms with Gasteiger partial charge in [0, 0.05) is 0 Å². The molecule has 0 atom stereocenters. The second-order valence-electron chi connectivity index (χ2n) is 4.42. The van der Waals surface area contributed by atoms with Crippen LogP contribution in [-0.4, -0.2) is 48.1 Å². The Morgan fingerprint density at radius 1 is 1.40 bits per heavy atom. The molecule has 7 heteroatoms. The molecular weight excluding hydrogens is 270 g/mol. The first-order valence-corrected chi connectivity index (χ1v) is 6.49. The maximum Gasteiger partial charge on any atom is 0.287 e. The Hall–Kier alpha value is -1.47. The van der Waals surface area contributed by atoms with Crippen LogP contribution in [0.4, 0.5) is 8.78 Å². The minimum Gasteiger partial charge on any atom is -0.455 e. The number of hydrogen-bond donors (Lipinski definition) is 2. The van der Waals surface area contributed by atoms with Gasteiger partial charge in [0.1, 0.15) is 12.4 Å². The molecule has 20 heavy (non-hydrogen) atoms. The summed E-state index contributed by atoms with van der Waals surface area (Å²) in [6.45, 7) is 4.05. The summed E-state index contributed by atoms with van der Waals surface area (Å²) >= 11 is 0. The Morgan fingerprint density at radius 3 is 2.60 bits per heavy atom. The van der Waals surface area contributed by atoms with E-state index >= 15 is 0 Å². The lowest BCUT2D eigenvalue weighted by Crippen LogP contribution is -2.38. The van der Waals surface area contributed by atoms with E-state index in [1.165, 1.54) is 6.07 Å². The minimum absolute atomic E-state index is 0.0131. The summed E-state index contributed by atoms with van der Waals surface area (Å²) in [5.74, 6) is -3.45. The Bertz CT molecular complexity index is 431. The van der Waals surface area contributed by atoms with Crippen LogP contribution in [0.1, 0.15) is 30.2 Å². The molecule has 0 aliphatic carbocycles. The Morgan fingerprint density at radius 2 is 2.05 bits per heavy atom. The van der Waals surface area contributed by atoms with Gasteiger partial charge >= 0.3 is 0 Å². The lowest BCUT2D eigenvalue weighted by molar-refractivity contribution is -0.0463. The molecule has 0 aliphatic heterocycles. The first kappa shape index (κ1) is 16.6. The molecule has 1 aromatic rings. The third kappa shape index (κ3) is 4.90. The van der Waals surface area contributed by atoms with Gasteiger partial charge in [0.25, 0.3) is 11.8 Å². The van der Waals surface area contributed by atoms with Crippen molar-refractivity contribution in [1.29, 1.82) is 0 Å². The highest BCUT2D eigenvalue weighted by Crippen LogP contribution is 2.13. The summed E-state index contributed by atoms with van der Waals surface area (Å²) < 4.78 is 30.9. The molecular formula is C13H20F2N2O3. The number of amides is 1. The number of alkyl halides is 2. The zero-order valence-electron chi connectivity index (χ0n) is 11.7. The minimum atomic E-state index is -3.33. The van der Waals surface area contributed by atoms with Crippen LogP contribution in [0, 0.1) is 0 Å². The van der Waals surface area contributed by atoms with Crippen LogP contribution in [-0.2, 0) is 6.54 Å². The molecule has 1 aromatic heterocycles. The van der Waals surface area contributed by atoms with E-state index in [1.54, 1.807) is 6.07 Å². The molecule has 0 saturated heterocycles. The molecule has 5 nitrogen and oxygen atoms in total. The van der Waals surface area contributed by atoms with Crippen LogP contribution < -0.4 is 5.32 Å². The number of carbonyl (C=O) groups is 1. The number of nitrogens with zero attached hydrogens (tertiary/aromatic N) is 1. The number of halogens is 2. The molecule has 0 aliphatic rings. The van der Waals surface area contributed by atoms with Crippen molar-refractivity contribution in [2.75, 3.05) is 26.2 Å². The molecule has 1 amide bonds. The Labute approximate surface area is 116 Å². The predicted molar refractivity (Wildman–Crippen MR) is 69.7 cm³/mol. The predicted octanol–water partition coefficient (Wildman–Crippen LogP) is 1.48. The maximum absolute atomic E-state index is 12.8. The summed E-state index contributed by atoms with van der Waals surface area (Å²) in [6.07, 6.45) is 0. The van der Waals surface area contributed by atoms with Crippen molar-refractivity contribution in [1.82, 2.24) is 10.2 Å². The average Bonchev–Trinajstić information content (AvgIpc) is 2.91.